The number of benzene rings is 2. The van der Waals surface area contributed by atoms with E-state index in [0.29, 0.717) is 17.8 Å². The predicted molar refractivity (Wildman–Crippen MR) is 142 cm³/mol. The van der Waals surface area contributed by atoms with Crippen LogP contribution in [0.3, 0.4) is 0 Å². The second-order valence-corrected chi connectivity index (χ2v) is 10.9. The molecule has 37 heavy (non-hydrogen) atoms. The van der Waals surface area contributed by atoms with E-state index in [4.69, 9.17) is 0 Å². The third-order valence-electron chi connectivity index (χ3n) is 5.36. The number of carbonyl (C=O) groups is 2. The van der Waals surface area contributed by atoms with E-state index in [1.165, 1.54) is 6.07 Å². The molecule has 0 spiro atoms. The molecule has 0 aliphatic carbocycles. The molecule has 0 saturated carbocycles. The Kier molecular flexibility index (Phi) is 8.29. The van der Waals surface area contributed by atoms with Crippen LogP contribution in [-0.4, -0.2) is 36.6 Å². The van der Waals surface area contributed by atoms with Gasteiger partial charge in [0.1, 0.15) is 10.3 Å². The largest absolute Gasteiger partial charge is 0.480 e. The highest BCUT2D eigenvalue weighted by Crippen LogP contribution is 2.24. The van der Waals surface area contributed by atoms with Crippen molar-refractivity contribution in [3.63, 3.8) is 0 Å². The summed E-state index contributed by atoms with van der Waals surface area (Å²) in [5, 5.41) is 16.7. The molecule has 2 aromatic carbocycles. The normalized spacial score (nSPS) is 12.0. The van der Waals surface area contributed by atoms with Gasteiger partial charge in [-0.15, -0.1) is 11.3 Å². The molecule has 2 heterocycles. The highest BCUT2D eigenvalue weighted by Gasteiger charge is 2.26. The Morgan fingerprint density at radius 1 is 0.946 bits per heavy atom. The predicted octanol–water partition coefficient (Wildman–Crippen LogP) is 4.11. The molecular formula is C26H24N4O5S2. The van der Waals surface area contributed by atoms with Gasteiger partial charge in [-0.2, -0.15) is 4.72 Å². The number of amides is 2. The quantitative estimate of drug-likeness (QED) is 0.241. The van der Waals surface area contributed by atoms with Crippen molar-refractivity contribution in [1.29, 1.82) is 0 Å². The van der Waals surface area contributed by atoms with Crippen LogP contribution in [0.4, 0.5) is 10.5 Å². The summed E-state index contributed by atoms with van der Waals surface area (Å²) in [6.45, 7) is 0.300. The molecule has 9 nitrogen and oxygen atoms in total. The van der Waals surface area contributed by atoms with Crippen molar-refractivity contribution in [1.82, 2.24) is 15.0 Å². The summed E-state index contributed by atoms with van der Waals surface area (Å²) < 4.78 is 27.2. The number of carboxylic acid groups (broad SMARTS) is 1. The fraction of sp³-hybridized carbons (Fsp3) is 0.115. The van der Waals surface area contributed by atoms with Gasteiger partial charge in [-0.3, -0.25) is 9.78 Å². The number of nitrogens with one attached hydrogen (secondary N) is 3. The summed E-state index contributed by atoms with van der Waals surface area (Å²) in [6, 6.07) is 21.3. The van der Waals surface area contributed by atoms with Crippen LogP contribution in [0, 0.1) is 0 Å². The monoisotopic (exact) mass is 536 g/mol. The van der Waals surface area contributed by atoms with Crippen molar-refractivity contribution in [2.75, 3.05) is 5.32 Å². The third kappa shape index (κ3) is 7.23. The number of hydrogen-bond acceptors (Lipinski definition) is 6. The van der Waals surface area contributed by atoms with Crippen molar-refractivity contribution in [3.8, 4) is 11.1 Å². The topological polar surface area (TPSA) is 137 Å². The minimum absolute atomic E-state index is 0.0156. The Labute approximate surface area is 218 Å². The zero-order valence-corrected chi connectivity index (χ0v) is 21.1. The summed E-state index contributed by atoms with van der Waals surface area (Å²) in [5.74, 6) is -1.26. The molecule has 4 aromatic rings. The summed E-state index contributed by atoms with van der Waals surface area (Å²) >= 11 is 1.02. The molecule has 2 amide bonds. The Morgan fingerprint density at radius 2 is 1.76 bits per heavy atom. The SMILES string of the molecule is O=C(NCc1ccccn1)Nc1cccc(-c2ccc(CC(NS(=O)(=O)c3cccs3)C(=O)O)cc2)c1. The molecule has 0 aliphatic heterocycles. The van der Waals surface area contributed by atoms with E-state index in [0.717, 1.165) is 28.2 Å². The molecule has 190 valence electrons. The van der Waals surface area contributed by atoms with E-state index < -0.39 is 22.0 Å². The number of sulfonamides is 1. The lowest BCUT2D eigenvalue weighted by atomic mass is 10.0. The average molecular weight is 537 g/mol. The summed E-state index contributed by atoms with van der Waals surface area (Å²) in [7, 11) is -3.92. The smallest absolute Gasteiger partial charge is 0.322 e. The van der Waals surface area contributed by atoms with E-state index in [9.17, 15) is 23.1 Å². The fourth-order valence-electron chi connectivity index (χ4n) is 3.54. The molecule has 4 rings (SSSR count). The van der Waals surface area contributed by atoms with Gasteiger partial charge in [-0.1, -0.05) is 48.5 Å². The number of carbonyl (C=O) groups excluding carboxylic acids is 1. The van der Waals surface area contributed by atoms with Crippen LogP contribution >= 0.6 is 11.3 Å². The molecule has 0 aliphatic rings. The van der Waals surface area contributed by atoms with Gasteiger partial charge in [0.2, 0.25) is 0 Å². The number of aliphatic carboxylic acids is 1. The maximum atomic E-state index is 12.5. The van der Waals surface area contributed by atoms with Gasteiger partial charge >= 0.3 is 12.0 Å². The van der Waals surface area contributed by atoms with Crippen molar-refractivity contribution >= 4 is 39.0 Å². The highest BCUT2D eigenvalue weighted by atomic mass is 32.2. The van der Waals surface area contributed by atoms with Crippen LogP contribution in [-0.2, 0) is 27.8 Å². The molecule has 4 N–H and O–H groups in total. The van der Waals surface area contributed by atoms with Crippen molar-refractivity contribution in [3.05, 3.63) is 102 Å². The van der Waals surface area contributed by atoms with Crippen LogP contribution in [0.1, 0.15) is 11.3 Å². The third-order valence-corrected chi connectivity index (χ3v) is 8.23. The van der Waals surface area contributed by atoms with E-state index in [2.05, 4.69) is 20.3 Å². The molecule has 1 unspecified atom stereocenters. The molecule has 11 heteroatoms. The maximum absolute atomic E-state index is 12.5. The Hall–Kier alpha value is -4.06. The first-order valence-electron chi connectivity index (χ1n) is 11.2. The lowest BCUT2D eigenvalue weighted by Gasteiger charge is -2.14. The van der Waals surface area contributed by atoms with Crippen LogP contribution < -0.4 is 15.4 Å². The maximum Gasteiger partial charge on any atom is 0.322 e. The number of carboxylic acids is 1. The van der Waals surface area contributed by atoms with Gasteiger partial charge in [-0.05, 0) is 58.8 Å². The number of anilines is 1. The average Bonchev–Trinajstić information content (AvgIpc) is 3.45. The summed E-state index contributed by atoms with van der Waals surface area (Å²) in [5.41, 5.74) is 3.72. The first-order valence-corrected chi connectivity index (χ1v) is 13.6. The number of thiophene rings is 1. The Balaban J connectivity index is 1.39. The zero-order chi connectivity index (χ0) is 26.3. The van der Waals surface area contributed by atoms with Gasteiger partial charge in [0.15, 0.2) is 0 Å². The second kappa shape index (κ2) is 11.8. The number of pyridine rings is 1. The number of hydrogen-bond donors (Lipinski definition) is 4. The van der Waals surface area contributed by atoms with E-state index in [1.54, 1.807) is 41.9 Å². The van der Waals surface area contributed by atoms with E-state index in [-0.39, 0.29) is 16.7 Å². The van der Waals surface area contributed by atoms with Crippen molar-refractivity contribution in [2.45, 2.75) is 23.2 Å². The van der Waals surface area contributed by atoms with Gasteiger partial charge in [0.05, 0.1) is 12.2 Å². The van der Waals surface area contributed by atoms with E-state index in [1.807, 2.05) is 42.5 Å². The molecular weight excluding hydrogens is 512 g/mol. The lowest BCUT2D eigenvalue weighted by molar-refractivity contribution is -0.138. The number of urea groups is 1. The molecule has 0 radical (unpaired) electrons. The standard InChI is InChI=1S/C26H24N4O5S2/c31-25(32)23(30-37(34,35)24-8-4-14-36-24)15-18-9-11-19(12-10-18)20-5-3-7-21(16-20)29-26(33)28-17-22-6-1-2-13-27-22/h1-14,16,23,30H,15,17H2,(H,31,32)(H2,28,29,33). The van der Waals surface area contributed by atoms with Crippen LogP contribution in [0.15, 0.2) is 94.6 Å². The lowest BCUT2D eigenvalue weighted by Crippen LogP contribution is -2.42. The van der Waals surface area contributed by atoms with Crippen molar-refractivity contribution < 1.29 is 23.1 Å². The number of rotatable bonds is 10. The Bertz CT molecular complexity index is 1460. The molecule has 0 bridgehead atoms. The Morgan fingerprint density at radius 3 is 2.43 bits per heavy atom. The minimum atomic E-state index is -3.92. The first kappa shape index (κ1) is 26.0. The minimum Gasteiger partial charge on any atom is -0.480 e. The number of aromatic nitrogens is 1. The van der Waals surface area contributed by atoms with Gasteiger partial charge in [0, 0.05) is 11.9 Å². The fourth-order valence-corrected chi connectivity index (χ4v) is 5.73. The highest BCUT2D eigenvalue weighted by molar-refractivity contribution is 7.91. The van der Waals surface area contributed by atoms with Gasteiger partial charge < -0.3 is 15.7 Å². The summed E-state index contributed by atoms with van der Waals surface area (Å²) in [6.07, 6.45) is 1.65. The van der Waals surface area contributed by atoms with Crippen LogP contribution in [0.25, 0.3) is 11.1 Å². The van der Waals surface area contributed by atoms with Gasteiger partial charge in [0.25, 0.3) is 10.0 Å². The summed E-state index contributed by atoms with van der Waals surface area (Å²) in [4.78, 5) is 28.2. The van der Waals surface area contributed by atoms with Crippen LogP contribution in [0.2, 0.25) is 0 Å². The van der Waals surface area contributed by atoms with Crippen LogP contribution in [0.5, 0.6) is 0 Å². The zero-order valence-electron chi connectivity index (χ0n) is 19.5. The molecule has 0 fully saturated rings. The van der Waals surface area contributed by atoms with E-state index >= 15 is 0 Å². The first-order chi connectivity index (χ1) is 17.8. The second-order valence-electron chi connectivity index (χ2n) is 8.05. The molecule has 0 saturated heterocycles. The van der Waals surface area contributed by atoms with Crippen molar-refractivity contribution in [2.24, 2.45) is 0 Å². The molecule has 2 aromatic heterocycles. The molecule has 1 atom stereocenters. The number of nitrogens with zero attached hydrogens (tertiary/aromatic N) is 1. The van der Waals surface area contributed by atoms with Gasteiger partial charge in [-0.25, -0.2) is 13.2 Å².